The molecule has 0 saturated heterocycles. The second-order valence-electron chi connectivity index (χ2n) is 4.33. The van der Waals surface area contributed by atoms with E-state index < -0.39 is 0 Å². The summed E-state index contributed by atoms with van der Waals surface area (Å²) in [6, 6.07) is 12.1. The summed E-state index contributed by atoms with van der Waals surface area (Å²) in [5.74, 6) is -0.267. The monoisotopic (exact) mass is 278 g/mol. The fraction of sp³-hybridized carbons (Fsp3) is 0.200. The van der Waals surface area contributed by atoms with Crippen LogP contribution < -0.4 is 10.6 Å². The van der Waals surface area contributed by atoms with Crippen molar-refractivity contribution in [1.29, 1.82) is 0 Å². The lowest BCUT2D eigenvalue weighted by molar-refractivity contribution is 0.628. The van der Waals surface area contributed by atoms with Crippen LogP contribution in [0.25, 0.3) is 0 Å². The fourth-order valence-corrected chi connectivity index (χ4v) is 2.43. The van der Waals surface area contributed by atoms with Gasteiger partial charge in [0.05, 0.1) is 10.7 Å². The van der Waals surface area contributed by atoms with Crippen LogP contribution in [0.4, 0.5) is 15.8 Å². The van der Waals surface area contributed by atoms with Crippen LogP contribution in [0.5, 0.6) is 0 Å². The molecule has 2 N–H and O–H groups in total. The summed E-state index contributed by atoms with van der Waals surface area (Å²) in [7, 11) is 1.87. The maximum Gasteiger partial charge on any atom is 0.125 e. The molecule has 0 aliphatic rings. The molecule has 0 unspecified atom stereocenters. The molecule has 4 heteroatoms. The van der Waals surface area contributed by atoms with E-state index in [1.807, 2.05) is 36.2 Å². The molecule has 0 saturated carbocycles. The molecule has 100 valence electrons. The average Bonchev–Trinajstić information content (AvgIpc) is 2.39. The van der Waals surface area contributed by atoms with Gasteiger partial charge in [-0.1, -0.05) is 29.8 Å². The van der Waals surface area contributed by atoms with Crippen LogP contribution in [0.15, 0.2) is 42.5 Å². The van der Waals surface area contributed by atoms with Crippen LogP contribution >= 0.6 is 11.6 Å². The van der Waals surface area contributed by atoms with Crippen LogP contribution in [-0.2, 0) is 6.42 Å². The first kappa shape index (κ1) is 13.8. The van der Waals surface area contributed by atoms with E-state index in [9.17, 15) is 4.39 Å². The first-order chi connectivity index (χ1) is 9.13. The third kappa shape index (κ3) is 3.06. The van der Waals surface area contributed by atoms with Gasteiger partial charge in [0, 0.05) is 12.7 Å². The minimum atomic E-state index is -0.267. The molecule has 0 aliphatic heterocycles. The van der Waals surface area contributed by atoms with E-state index >= 15 is 0 Å². The third-order valence-corrected chi connectivity index (χ3v) is 3.32. The number of halogens is 2. The summed E-state index contributed by atoms with van der Waals surface area (Å²) in [5, 5.41) is 0.637. The Kier molecular flexibility index (Phi) is 4.40. The molecule has 0 fully saturated rings. The van der Waals surface area contributed by atoms with Crippen molar-refractivity contribution in [3.05, 3.63) is 58.9 Å². The van der Waals surface area contributed by atoms with Crippen molar-refractivity contribution in [2.75, 3.05) is 18.5 Å². The molecular formula is C15H16ClFN2. The van der Waals surface area contributed by atoms with Crippen LogP contribution in [0.2, 0.25) is 5.02 Å². The summed E-state index contributed by atoms with van der Waals surface area (Å²) < 4.78 is 13.3. The van der Waals surface area contributed by atoms with E-state index in [0.29, 0.717) is 11.6 Å². The highest BCUT2D eigenvalue weighted by Gasteiger charge is 2.13. The fourth-order valence-electron chi connectivity index (χ4n) is 2.11. The predicted octanol–water partition coefficient (Wildman–Crippen LogP) is 3.75. The molecule has 2 rings (SSSR count). The average molecular weight is 279 g/mol. The van der Waals surface area contributed by atoms with E-state index in [4.69, 9.17) is 17.3 Å². The Bertz CT molecular complexity index is 572. The highest BCUT2D eigenvalue weighted by atomic mass is 35.5. The minimum Gasteiger partial charge on any atom is -0.343 e. The number of hydrogen-bond donors (Lipinski definition) is 1. The molecular weight excluding hydrogens is 263 g/mol. The summed E-state index contributed by atoms with van der Waals surface area (Å²) >= 11 is 6.27. The first-order valence-electron chi connectivity index (χ1n) is 6.10. The van der Waals surface area contributed by atoms with E-state index in [2.05, 4.69) is 0 Å². The Morgan fingerprint density at radius 2 is 1.95 bits per heavy atom. The van der Waals surface area contributed by atoms with Crippen molar-refractivity contribution in [1.82, 2.24) is 0 Å². The lowest BCUT2D eigenvalue weighted by Crippen LogP contribution is -2.14. The Labute approximate surface area is 117 Å². The van der Waals surface area contributed by atoms with Crippen LogP contribution in [-0.4, -0.2) is 13.6 Å². The number of nitrogens with zero attached hydrogens (tertiary/aromatic N) is 1. The maximum atomic E-state index is 13.3. The molecule has 0 radical (unpaired) electrons. The molecule has 0 spiro atoms. The van der Waals surface area contributed by atoms with E-state index in [0.717, 1.165) is 23.4 Å². The Morgan fingerprint density at radius 1 is 1.21 bits per heavy atom. The third-order valence-electron chi connectivity index (χ3n) is 3.01. The van der Waals surface area contributed by atoms with Crippen LogP contribution in [0.3, 0.4) is 0 Å². The van der Waals surface area contributed by atoms with E-state index in [-0.39, 0.29) is 5.82 Å². The lowest BCUT2D eigenvalue weighted by atomic mass is 10.1. The van der Waals surface area contributed by atoms with Crippen molar-refractivity contribution in [3.8, 4) is 0 Å². The number of benzene rings is 2. The van der Waals surface area contributed by atoms with E-state index in [1.165, 1.54) is 12.1 Å². The second kappa shape index (κ2) is 6.04. The molecule has 0 amide bonds. The van der Waals surface area contributed by atoms with Crippen molar-refractivity contribution in [2.24, 2.45) is 5.73 Å². The summed E-state index contributed by atoms with van der Waals surface area (Å²) in [6.07, 6.45) is 0.732. The zero-order valence-corrected chi connectivity index (χ0v) is 11.5. The zero-order chi connectivity index (χ0) is 13.8. The zero-order valence-electron chi connectivity index (χ0n) is 10.7. The molecule has 0 aromatic heterocycles. The highest BCUT2D eigenvalue weighted by molar-refractivity contribution is 6.33. The van der Waals surface area contributed by atoms with Crippen molar-refractivity contribution in [3.63, 3.8) is 0 Å². The number of para-hydroxylation sites is 1. The normalized spacial score (nSPS) is 10.5. The SMILES string of the molecule is CN(c1cccc(F)c1)c1c(Cl)cccc1CCN. The quantitative estimate of drug-likeness (QED) is 0.923. The van der Waals surface area contributed by atoms with Gasteiger partial charge in [0.15, 0.2) is 0 Å². The smallest absolute Gasteiger partial charge is 0.125 e. The van der Waals surface area contributed by atoms with Gasteiger partial charge in [-0.2, -0.15) is 0 Å². The van der Waals surface area contributed by atoms with Gasteiger partial charge in [0.25, 0.3) is 0 Å². The number of nitrogens with two attached hydrogens (primary N) is 1. The highest BCUT2D eigenvalue weighted by Crippen LogP contribution is 2.34. The van der Waals surface area contributed by atoms with Gasteiger partial charge in [-0.15, -0.1) is 0 Å². The van der Waals surface area contributed by atoms with Gasteiger partial charge in [-0.05, 0) is 42.8 Å². The topological polar surface area (TPSA) is 29.3 Å². The van der Waals surface area contributed by atoms with E-state index in [1.54, 1.807) is 6.07 Å². The van der Waals surface area contributed by atoms with Gasteiger partial charge in [-0.3, -0.25) is 0 Å². The van der Waals surface area contributed by atoms with Gasteiger partial charge < -0.3 is 10.6 Å². The summed E-state index contributed by atoms with van der Waals surface area (Å²) in [4.78, 5) is 1.89. The van der Waals surface area contributed by atoms with Crippen LogP contribution in [0.1, 0.15) is 5.56 Å². The van der Waals surface area contributed by atoms with Crippen molar-refractivity contribution in [2.45, 2.75) is 6.42 Å². The van der Waals surface area contributed by atoms with Crippen molar-refractivity contribution < 1.29 is 4.39 Å². The molecule has 0 bridgehead atoms. The molecule has 0 atom stereocenters. The van der Waals surface area contributed by atoms with Crippen LogP contribution in [0, 0.1) is 5.82 Å². The van der Waals surface area contributed by atoms with Crippen molar-refractivity contribution >= 4 is 23.0 Å². The van der Waals surface area contributed by atoms with Gasteiger partial charge in [-0.25, -0.2) is 4.39 Å². The maximum absolute atomic E-state index is 13.3. The Hall–Kier alpha value is -1.58. The molecule has 2 nitrogen and oxygen atoms in total. The molecule has 19 heavy (non-hydrogen) atoms. The van der Waals surface area contributed by atoms with Gasteiger partial charge in [0.1, 0.15) is 5.82 Å². The molecule has 2 aromatic carbocycles. The molecule has 2 aromatic rings. The standard InChI is InChI=1S/C15H16ClFN2/c1-19(13-6-3-5-12(17)10-13)15-11(8-9-18)4-2-7-14(15)16/h2-7,10H,8-9,18H2,1H3. The Balaban J connectivity index is 2.45. The first-order valence-corrected chi connectivity index (χ1v) is 6.48. The lowest BCUT2D eigenvalue weighted by Gasteiger charge is -2.24. The Morgan fingerprint density at radius 3 is 2.63 bits per heavy atom. The summed E-state index contributed by atoms with van der Waals surface area (Å²) in [5.41, 5.74) is 8.31. The minimum absolute atomic E-state index is 0.267. The molecule has 0 aliphatic carbocycles. The number of anilines is 2. The predicted molar refractivity (Wildman–Crippen MR) is 78.7 cm³/mol. The van der Waals surface area contributed by atoms with Gasteiger partial charge >= 0.3 is 0 Å². The van der Waals surface area contributed by atoms with Gasteiger partial charge in [0.2, 0.25) is 0 Å². The number of hydrogen-bond acceptors (Lipinski definition) is 2. The summed E-state index contributed by atoms with van der Waals surface area (Å²) in [6.45, 7) is 0.546. The second-order valence-corrected chi connectivity index (χ2v) is 4.73. The number of rotatable bonds is 4. The molecule has 0 heterocycles. The largest absolute Gasteiger partial charge is 0.343 e.